The summed E-state index contributed by atoms with van der Waals surface area (Å²) in [6.45, 7) is 6.39. The zero-order chi connectivity index (χ0) is 10.1. The molecular weight excluding hydrogens is 171 g/mol. The third-order valence-electron chi connectivity index (χ3n) is 2.52. The number of aromatic nitrogens is 2. The van der Waals surface area contributed by atoms with Gasteiger partial charge in [-0.2, -0.15) is 5.10 Å². The van der Waals surface area contributed by atoms with Crippen molar-refractivity contribution < 1.29 is 0 Å². The maximum atomic E-state index is 4.30. The highest BCUT2D eigenvalue weighted by molar-refractivity contribution is 6.52. The molecule has 1 aromatic heterocycles. The van der Waals surface area contributed by atoms with Crippen LogP contribution in [-0.2, 0) is 0 Å². The Morgan fingerprint density at radius 3 is 2.79 bits per heavy atom. The minimum absolute atomic E-state index is 0.497. The molecule has 1 radical (unpaired) electrons. The molecule has 1 aromatic carbocycles. The Morgan fingerprint density at radius 2 is 2.14 bits per heavy atom. The Kier molecular flexibility index (Phi) is 2.32. The van der Waals surface area contributed by atoms with Crippen LogP contribution in [0.1, 0.15) is 25.5 Å². The van der Waals surface area contributed by atoms with Crippen LogP contribution in [0.4, 0.5) is 0 Å². The van der Waals surface area contributed by atoms with Crippen molar-refractivity contribution in [3.05, 3.63) is 23.9 Å². The molecule has 2 rings (SSSR count). The molecule has 0 spiro atoms. The number of nitrogens with zero attached hydrogens (tertiary/aromatic N) is 1. The normalized spacial score (nSPS) is 11.1. The first-order chi connectivity index (χ1) is 6.72. The third-order valence-corrected chi connectivity index (χ3v) is 2.52. The van der Waals surface area contributed by atoms with Crippen molar-refractivity contribution in [3.63, 3.8) is 0 Å². The van der Waals surface area contributed by atoms with Gasteiger partial charge in [0.25, 0.3) is 0 Å². The zero-order valence-corrected chi connectivity index (χ0v) is 8.83. The summed E-state index contributed by atoms with van der Waals surface area (Å²) in [4.78, 5) is 0. The van der Waals surface area contributed by atoms with E-state index in [1.807, 2.05) is 6.82 Å². The summed E-state index contributed by atoms with van der Waals surface area (Å²) in [6.07, 6.45) is 0. The molecule has 1 heterocycles. The first-order valence-electron chi connectivity index (χ1n) is 4.99. The Labute approximate surface area is 85.0 Å². The van der Waals surface area contributed by atoms with Crippen LogP contribution in [0.5, 0.6) is 0 Å². The monoisotopic (exact) mass is 185 g/mol. The molecule has 1 N–H and O–H groups in total. The predicted octanol–water partition coefficient (Wildman–Crippen LogP) is 2.06. The van der Waals surface area contributed by atoms with Crippen molar-refractivity contribution >= 4 is 23.6 Å². The van der Waals surface area contributed by atoms with E-state index in [9.17, 15) is 0 Å². The summed E-state index contributed by atoms with van der Waals surface area (Å²) in [5.41, 5.74) is 3.51. The fraction of sp³-hybridized carbons (Fsp3) is 0.364. The third kappa shape index (κ3) is 1.43. The van der Waals surface area contributed by atoms with Gasteiger partial charge in [0.05, 0.1) is 5.52 Å². The Balaban J connectivity index is 2.59. The van der Waals surface area contributed by atoms with E-state index in [1.54, 1.807) is 0 Å². The number of nitrogens with one attached hydrogen (secondary N) is 1. The first kappa shape index (κ1) is 9.32. The second-order valence-electron chi connectivity index (χ2n) is 3.86. The second-order valence-corrected chi connectivity index (χ2v) is 3.86. The fourth-order valence-electron chi connectivity index (χ4n) is 1.67. The standard InChI is InChI=1S/C11H14BN2/c1-7(2)11-9-5-4-8(12-3)6-10(9)13-14-11/h4-7H,1-3H3,(H,13,14). The Bertz CT molecular complexity index is 445. The SMILES string of the molecule is C[B]c1ccc2c(C(C)C)[nH]nc2c1. The highest BCUT2D eigenvalue weighted by atomic mass is 15.1. The molecule has 0 bridgehead atoms. The highest BCUT2D eigenvalue weighted by Crippen LogP contribution is 2.21. The van der Waals surface area contributed by atoms with Crippen LogP contribution in [0.15, 0.2) is 18.2 Å². The van der Waals surface area contributed by atoms with Gasteiger partial charge in [-0.25, -0.2) is 0 Å². The van der Waals surface area contributed by atoms with Crippen LogP contribution < -0.4 is 5.46 Å². The lowest BCUT2D eigenvalue weighted by Gasteiger charge is -2.01. The summed E-state index contributed by atoms with van der Waals surface area (Å²) in [7, 11) is 2.09. The van der Waals surface area contributed by atoms with E-state index in [0.717, 1.165) is 5.52 Å². The average molecular weight is 185 g/mol. The molecule has 0 saturated heterocycles. The lowest BCUT2D eigenvalue weighted by Crippen LogP contribution is -2.08. The van der Waals surface area contributed by atoms with Crippen LogP contribution in [-0.4, -0.2) is 17.5 Å². The lowest BCUT2D eigenvalue weighted by atomic mass is 9.73. The number of aromatic amines is 1. The maximum Gasteiger partial charge on any atom is 0.148 e. The van der Waals surface area contributed by atoms with Gasteiger partial charge in [0, 0.05) is 11.1 Å². The van der Waals surface area contributed by atoms with Crippen molar-refractivity contribution in [3.8, 4) is 0 Å². The second kappa shape index (κ2) is 3.48. The van der Waals surface area contributed by atoms with E-state index in [1.165, 1.54) is 16.5 Å². The molecule has 0 fully saturated rings. The minimum Gasteiger partial charge on any atom is -0.281 e. The van der Waals surface area contributed by atoms with Crippen molar-refractivity contribution in [2.75, 3.05) is 0 Å². The number of H-pyrrole nitrogens is 1. The van der Waals surface area contributed by atoms with Gasteiger partial charge in [0.15, 0.2) is 0 Å². The Morgan fingerprint density at radius 1 is 1.36 bits per heavy atom. The van der Waals surface area contributed by atoms with Gasteiger partial charge in [0.2, 0.25) is 0 Å². The summed E-state index contributed by atoms with van der Waals surface area (Å²) in [6, 6.07) is 6.38. The number of hydrogen-bond donors (Lipinski definition) is 1. The molecule has 2 aromatic rings. The van der Waals surface area contributed by atoms with Crippen molar-refractivity contribution in [2.24, 2.45) is 0 Å². The molecule has 14 heavy (non-hydrogen) atoms. The lowest BCUT2D eigenvalue weighted by molar-refractivity contribution is 0.818. The van der Waals surface area contributed by atoms with Crippen LogP contribution in [0.3, 0.4) is 0 Å². The smallest absolute Gasteiger partial charge is 0.148 e. The molecule has 2 nitrogen and oxygen atoms in total. The summed E-state index contributed by atoms with van der Waals surface area (Å²) in [5.74, 6) is 0.497. The molecule has 71 valence electrons. The topological polar surface area (TPSA) is 28.7 Å². The fourth-order valence-corrected chi connectivity index (χ4v) is 1.67. The molecule has 0 atom stereocenters. The van der Waals surface area contributed by atoms with Gasteiger partial charge in [-0.1, -0.05) is 38.3 Å². The summed E-state index contributed by atoms with van der Waals surface area (Å²) >= 11 is 0. The van der Waals surface area contributed by atoms with Crippen LogP contribution in [0.25, 0.3) is 10.9 Å². The molecule has 0 aliphatic rings. The average Bonchev–Trinajstić information content (AvgIpc) is 2.59. The van der Waals surface area contributed by atoms with Crippen molar-refractivity contribution in [2.45, 2.75) is 26.6 Å². The summed E-state index contributed by atoms with van der Waals surface area (Å²) < 4.78 is 0. The van der Waals surface area contributed by atoms with Crippen LogP contribution in [0, 0.1) is 0 Å². The quantitative estimate of drug-likeness (QED) is 0.712. The number of rotatable bonds is 2. The van der Waals surface area contributed by atoms with Gasteiger partial charge >= 0.3 is 0 Å². The van der Waals surface area contributed by atoms with Gasteiger partial charge in [-0.05, 0) is 12.0 Å². The molecule has 3 heteroatoms. The van der Waals surface area contributed by atoms with E-state index in [0.29, 0.717) is 5.92 Å². The number of benzene rings is 1. The summed E-state index contributed by atoms with van der Waals surface area (Å²) in [5, 5.41) is 8.65. The molecule has 0 aliphatic heterocycles. The van der Waals surface area contributed by atoms with E-state index in [-0.39, 0.29) is 0 Å². The number of fused-ring (bicyclic) bond motifs is 1. The van der Waals surface area contributed by atoms with Gasteiger partial charge < -0.3 is 0 Å². The maximum absolute atomic E-state index is 4.30. The minimum atomic E-state index is 0.497. The van der Waals surface area contributed by atoms with Crippen molar-refractivity contribution in [1.82, 2.24) is 10.2 Å². The highest BCUT2D eigenvalue weighted by Gasteiger charge is 2.08. The van der Waals surface area contributed by atoms with E-state index < -0.39 is 0 Å². The molecular formula is C11H14BN2. The van der Waals surface area contributed by atoms with Gasteiger partial charge in [-0.15, -0.1) is 0 Å². The van der Waals surface area contributed by atoms with Crippen molar-refractivity contribution in [1.29, 1.82) is 0 Å². The van der Waals surface area contributed by atoms with E-state index in [4.69, 9.17) is 0 Å². The molecule has 0 unspecified atom stereocenters. The molecule has 0 saturated carbocycles. The zero-order valence-electron chi connectivity index (χ0n) is 8.83. The predicted molar refractivity (Wildman–Crippen MR) is 61.4 cm³/mol. The first-order valence-corrected chi connectivity index (χ1v) is 4.99. The van der Waals surface area contributed by atoms with E-state index >= 15 is 0 Å². The molecule has 0 aliphatic carbocycles. The van der Waals surface area contributed by atoms with Gasteiger partial charge in [-0.3, -0.25) is 5.10 Å². The van der Waals surface area contributed by atoms with Gasteiger partial charge in [0.1, 0.15) is 7.28 Å². The molecule has 0 amide bonds. The van der Waals surface area contributed by atoms with Crippen LogP contribution >= 0.6 is 0 Å². The number of hydrogen-bond acceptors (Lipinski definition) is 1. The van der Waals surface area contributed by atoms with E-state index in [2.05, 4.69) is 49.5 Å². The largest absolute Gasteiger partial charge is 0.281 e. The Hall–Kier alpha value is -1.25. The van der Waals surface area contributed by atoms with Crippen LogP contribution in [0.2, 0.25) is 6.82 Å².